The van der Waals surface area contributed by atoms with Crippen molar-refractivity contribution < 1.29 is 9.18 Å². The van der Waals surface area contributed by atoms with Gasteiger partial charge < -0.3 is 11.1 Å². The molecule has 0 aliphatic rings. The zero-order valence-corrected chi connectivity index (χ0v) is 13.2. The van der Waals surface area contributed by atoms with Gasteiger partial charge in [0.1, 0.15) is 17.3 Å². The van der Waals surface area contributed by atoms with Crippen molar-refractivity contribution in [2.24, 2.45) is 5.73 Å². The summed E-state index contributed by atoms with van der Waals surface area (Å²) >= 11 is 0. The highest BCUT2D eigenvalue weighted by atomic mass is 35.5. The van der Waals surface area contributed by atoms with Gasteiger partial charge >= 0.3 is 0 Å². The van der Waals surface area contributed by atoms with Crippen LogP contribution in [-0.4, -0.2) is 33.8 Å². The van der Waals surface area contributed by atoms with E-state index in [0.29, 0.717) is 18.9 Å². The Bertz CT molecular complexity index is 644. The molecule has 1 aromatic heterocycles. The van der Waals surface area contributed by atoms with Gasteiger partial charge in [0, 0.05) is 19.0 Å². The van der Waals surface area contributed by atoms with E-state index in [9.17, 15) is 9.18 Å². The Morgan fingerprint density at radius 2 is 2.09 bits per heavy atom. The van der Waals surface area contributed by atoms with E-state index in [1.165, 1.54) is 10.7 Å². The minimum Gasteiger partial charge on any atom is -0.348 e. The topological polar surface area (TPSA) is 85.8 Å². The van der Waals surface area contributed by atoms with E-state index in [0.717, 1.165) is 0 Å². The Morgan fingerprint density at radius 1 is 1.41 bits per heavy atom. The molecule has 0 aliphatic heterocycles. The summed E-state index contributed by atoms with van der Waals surface area (Å²) in [6.45, 7) is 4.48. The molecule has 120 valence electrons. The molecule has 0 spiro atoms. The van der Waals surface area contributed by atoms with Crippen LogP contribution in [0.3, 0.4) is 0 Å². The number of aromatic nitrogens is 3. The summed E-state index contributed by atoms with van der Waals surface area (Å²) in [5.74, 6) is -0.308. The smallest absolute Gasteiger partial charge is 0.291 e. The Labute approximate surface area is 134 Å². The molecule has 0 saturated carbocycles. The second-order valence-corrected chi connectivity index (χ2v) is 4.86. The molecule has 2 rings (SSSR count). The van der Waals surface area contributed by atoms with Gasteiger partial charge in [-0.05, 0) is 12.1 Å². The lowest BCUT2D eigenvalue weighted by molar-refractivity contribution is 0.0944. The molecule has 2 aromatic rings. The molecule has 0 atom stereocenters. The molecule has 0 radical (unpaired) electrons. The van der Waals surface area contributed by atoms with Gasteiger partial charge in [-0.15, -0.1) is 17.5 Å². The van der Waals surface area contributed by atoms with Crippen LogP contribution in [-0.2, 0) is 0 Å². The Balaban J connectivity index is 0.00000242. The Kier molecular flexibility index (Phi) is 6.45. The summed E-state index contributed by atoms with van der Waals surface area (Å²) in [5, 5.41) is 6.73. The summed E-state index contributed by atoms with van der Waals surface area (Å²) in [6, 6.07) is 6.24. The highest BCUT2D eigenvalue weighted by Gasteiger charge is 2.20. The highest BCUT2D eigenvalue weighted by Crippen LogP contribution is 2.19. The molecule has 0 saturated heterocycles. The average molecular weight is 328 g/mol. The second-order valence-electron chi connectivity index (χ2n) is 4.86. The first-order chi connectivity index (χ1) is 10.0. The lowest BCUT2D eigenvalue weighted by Crippen LogP contribution is -2.29. The van der Waals surface area contributed by atoms with E-state index in [-0.39, 0.29) is 29.8 Å². The number of carbonyl (C=O) groups excluding carboxylic acids is 1. The van der Waals surface area contributed by atoms with Crippen LogP contribution in [0, 0.1) is 5.82 Å². The standard InChI is InChI=1S/C14H18FN5O.ClH/c1-9(2)13-18-12(14(21)17-8-7-16)19-20(13)11-6-4-3-5-10(11)15;/h3-6,9H,7-8,16H2,1-2H3,(H,17,21);1H. The third kappa shape index (κ3) is 3.80. The largest absolute Gasteiger partial charge is 0.348 e. The SMILES string of the molecule is CC(C)c1nc(C(=O)NCCN)nn1-c1ccccc1F.Cl. The predicted octanol–water partition coefficient (Wildman–Crippen LogP) is 1.64. The molecule has 1 amide bonds. The van der Waals surface area contributed by atoms with Crippen molar-refractivity contribution in [1.29, 1.82) is 0 Å². The van der Waals surface area contributed by atoms with Gasteiger partial charge in [-0.3, -0.25) is 4.79 Å². The lowest BCUT2D eigenvalue weighted by atomic mass is 10.2. The Morgan fingerprint density at radius 3 is 2.68 bits per heavy atom. The number of nitrogens with zero attached hydrogens (tertiary/aromatic N) is 3. The fourth-order valence-corrected chi connectivity index (χ4v) is 1.86. The molecule has 1 aromatic carbocycles. The van der Waals surface area contributed by atoms with Gasteiger partial charge in [0.15, 0.2) is 0 Å². The van der Waals surface area contributed by atoms with Gasteiger partial charge in [-0.2, -0.15) is 0 Å². The van der Waals surface area contributed by atoms with E-state index in [2.05, 4.69) is 15.4 Å². The summed E-state index contributed by atoms with van der Waals surface area (Å²) in [5.41, 5.74) is 5.61. The second kappa shape index (κ2) is 7.86. The van der Waals surface area contributed by atoms with E-state index < -0.39 is 11.7 Å². The minimum atomic E-state index is -0.419. The summed E-state index contributed by atoms with van der Waals surface area (Å²) in [4.78, 5) is 16.1. The third-order valence-corrected chi connectivity index (χ3v) is 2.86. The molecule has 1 heterocycles. The van der Waals surface area contributed by atoms with Gasteiger partial charge in [-0.25, -0.2) is 14.1 Å². The monoisotopic (exact) mass is 327 g/mol. The van der Waals surface area contributed by atoms with Crippen LogP contribution in [0.15, 0.2) is 24.3 Å². The van der Waals surface area contributed by atoms with Gasteiger partial charge in [0.25, 0.3) is 5.91 Å². The van der Waals surface area contributed by atoms with E-state index in [4.69, 9.17) is 5.73 Å². The lowest BCUT2D eigenvalue weighted by Gasteiger charge is -2.08. The van der Waals surface area contributed by atoms with Crippen LogP contribution in [0.4, 0.5) is 4.39 Å². The van der Waals surface area contributed by atoms with Crippen molar-refractivity contribution in [3.8, 4) is 5.69 Å². The first-order valence-corrected chi connectivity index (χ1v) is 6.74. The number of hydrogen-bond donors (Lipinski definition) is 2. The van der Waals surface area contributed by atoms with Gasteiger partial charge in [0.05, 0.1) is 0 Å². The van der Waals surface area contributed by atoms with Crippen LogP contribution >= 0.6 is 12.4 Å². The van der Waals surface area contributed by atoms with Crippen LogP contribution in [0.25, 0.3) is 5.69 Å². The Hall–Kier alpha value is -1.99. The molecule has 0 fully saturated rings. The number of benzene rings is 1. The molecule has 3 N–H and O–H groups in total. The number of halogens is 2. The molecular weight excluding hydrogens is 309 g/mol. The van der Waals surface area contributed by atoms with Gasteiger partial charge in [0.2, 0.25) is 5.82 Å². The van der Waals surface area contributed by atoms with Crippen molar-refractivity contribution in [2.45, 2.75) is 19.8 Å². The van der Waals surface area contributed by atoms with E-state index >= 15 is 0 Å². The third-order valence-electron chi connectivity index (χ3n) is 2.86. The number of nitrogens with two attached hydrogens (primary N) is 1. The first kappa shape index (κ1) is 18.1. The molecule has 22 heavy (non-hydrogen) atoms. The molecule has 0 unspecified atom stereocenters. The summed E-state index contributed by atoms with van der Waals surface area (Å²) in [7, 11) is 0. The van der Waals surface area contributed by atoms with E-state index in [1.54, 1.807) is 18.2 Å². The van der Waals surface area contributed by atoms with E-state index in [1.807, 2.05) is 13.8 Å². The average Bonchev–Trinajstić information content (AvgIpc) is 2.90. The normalized spacial score (nSPS) is 10.4. The highest BCUT2D eigenvalue weighted by molar-refractivity contribution is 5.90. The molecular formula is C14H19ClFN5O. The van der Waals surface area contributed by atoms with Crippen molar-refractivity contribution in [1.82, 2.24) is 20.1 Å². The van der Waals surface area contributed by atoms with Crippen LogP contribution in [0.2, 0.25) is 0 Å². The predicted molar refractivity (Wildman–Crippen MR) is 84.0 cm³/mol. The first-order valence-electron chi connectivity index (χ1n) is 6.74. The molecule has 0 bridgehead atoms. The minimum absolute atomic E-state index is 0. The summed E-state index contributed by atoms with van der Waals surface area (Å²) in [6.07, 6.45) is 0. The van der Waals surface area contributed by atoms with Crippen LogP contribution < -0.4 is 11.1 Å². The van der Waals surface area contributed by atoms with Crippen LogP contribution in [0.1, 0.15) is 36.2 Å². The number of hydrogen-bond acceptors (Lipinski definition) is 4. The van der Waals surface area contributed by atoms with Crippen molar-refractivity contribution in [3.63, 3.8) is 0 Å². The van der Waals surface area contributed by atoms with Crippen molar-refractivity contribution >= 4 is 18.3 Å². The summed E-state index contributed by atoms with van der Waals surface area (Å²) < 4.78 is 15.3. The maximum Gasteiger partial charge on any atom is 0.291 e. The number of para-hydroxylation sites is 1. The maximum atomic E-state index is 13.9. The molecule has 8 heteroatoms. The maximum absolute atomic E-state index is 13.9. The zero-order valence-electron chi connectivity index (χ0n) is 12.4. The fraction of sp³-hybridized carbons (Fsp3) is 0.357. The quantitative estimate of drug-likeness (QED) is 0.874. The number of rotatable bonds is 5. The fourth-order valence-electron chi connectivity index (χ4n) is 1.86. The molecule has 6 nitrogen and oxygen atoms in total. The zero-order chi connectivity index (χ0) is 15.4. The number of nitrogens with one attached hydrogen (secondary N) is 1. The van der Waals surface area contributed by atoms with Crippen molar-refractivity contribution in [3.05, 3.63) is 41.7 Å². The number of carbonyl (C=O) groups is 1. The number of amides is 1. The molecule has 0 aliphatic carbocycles. The van der Waals surface area contributed by atoms with Gasteiger partial charge in [-0.1, -0.05) is 26.0 Å². The van der Waals surface area contributed by atoms with Crippen molar-refractivity contribution in [2.75, 3.05) is 13.1 Å². The van der Waals surface area contributed by atoms with Crippen LogP contribution in [0.5, 0.6) is 0 Å².